The second-order valence-electron chi connectivity index (χ2n) is 4.25. The van der Waals surface area contributed by atoms with E-state index in [2.05, 4.69) is 20.6 Å². The van der Waals surface area contributed by atoms with E-state index in [0.717, 1.165) is 10.9 Å². The number of amides is 1. The summed E-state index contributed by atoms with van der Waals surface area (Å²) >= 11 is 0. The van der Waals surface area contributed by atoms with Crippen LogP contribution in [0.2, 0.25) is 0 Å². The Bertz CT molecular complexity index is 566. The summed E-state index contributed by atoms with van der Waals surface area (Å²) in [5, 5.41) is 15.5. The van der Waals surface area contributed by atoms with Gasteiger partial charge < -0.3 is 15.7 Å². The fourth-order valence-electron chi connectivity index (χ4n) is 1.63. The highest BCUT2D eigenvalue weighted by molar-refractivity contribution is 5.90. The van der Waals surface area contributed by atoms with Crippen LogP contribution in [0.4, 0.5) is 5.82 Å². The Morgan fingerprint density at radius 1 is 1.37 bits per heavy atom. The van der Waals surface area contributed by atoms with E-state index in [-0.39, 0.29) is 19.0 Å². The van der Waals surface area contributed by atoms with Crippen LogP contribution in [0.25, 0.3) is 10.9 Å². The summed E-state index contributed by atoms with van der Waals surface area (Å²) < 4.78 is 0. The molecule has 0 spiro atoms. The maximum atomic E-state index is 11.5. The summed E-state index contributed by atoms with van der Waals surface area (Å²) in [7, 11) is 0. The van der Waals surface area contributed by atoms with Crippen molar-refractivity contribution in [1.82, 2.24) is 15.3 Å². The van der Waals surface area contributed by atoms with Crippen LogP contribution in [0.5, 0.6) is 0 Å². The van der Waals surface area contributed by atoms with Gasteiger partial charge in [0.05, 0.1) is 18.2 Å². The van der Waals surface area contributed by atoms with Gasteiger partial charge in [0.15, 0.2) is 0 Å². The third-order valence-electron chi connectivity index (χ3n) is 2.55. The molecule has 0 aliphatic carbocycles. The number of hydrogen-bond acceptors (Lipinski definition) is 5. The summed E-state index contributed by atoms with van der Waals surface area (Å²) in [6.07, 6.45) is 0.905. The number of rotatable bonds is 5. The van der Waals surface area contributed by atoms with Crippen molar-refractivity contribution in [3.05, 3.63) is 30.6 Å². The van der Waals surface area contributed by atoms with Crippen LogP contribution >= 0.6 is 0 Å². The van der Waals surface area contributed by atoms with Gasteiger partial charge in [0, 0.05) is 11.9 Å². The van der Waals surface area contributed by atoms with Crippen LogP contribution in [0.15, 0.2) is 30.6 Å². The highest BCUT2D eigenvalue weighted by Gasteiger charge is 2.06. The van der Waals surface area contributed by atoms with E-state index in [1.165, 1.54) is 6.33 Å². The zero-order valence-corrected chi connectivity index (χ0v) is 10.6. The Morgan fingerprint density at radius 2 is 2.16 bits per heavy atom. The van der Waals surface area contributed by atoms with Gasteiger partial charge in [-0.05, 0) is 19.1 Å². The minimum absolute atomic E-state index is 0.105. The molecular weight excluding hydrogens is 244 g/mol. The third-order valence-corrected chi connectivity index (χ3v) is 2.55. The molecule has 0 bridgehead atoms. The van der Waals surface area contributed by atoms with E-state index < -0.39 is 6.10 Å². The first kappa shape index (κ1) is 13.2. The van der Waals surface area contributed by atoms with Gasteiger partial charge in [0.2, 0.25) is 5.91 Å². The van der Waals surface area contributed by atoms with Crippen molar-refractivity contribution in [2.45, 2.75) is 13.0 Å². The van der Waals surface area contributed by atoms with Gasteiger partial charge in [-0.25, -0.2) is 9.97 Å². The van der Waals surface area contributed by atoms with E-state index in [1.54, 1.807) is 6.92 Å². The van der Waals surface area contributed by atoms with Crippen molar-refractivity contribution in [2.24, 2.45) is 0 Å². The number of aliphatic hydroxyl groups excluding tert-OH is 1. The molecule has 0 saturated heterocycles. The quantitative estimate of drug-likeness (QED) is 0.730. The van der Waals surface area contributed by atoms with Crippen molar-refractivity contribution in [3.63, 3.8) is 0 Å². The summed E-state index contributed by atoms with van der Waals surface area (Å²) in [6.45, 7) is 1.96. The molecule has 19 heavy (non-hydrogen) atoms. The second kappa shape index (κ2) is 6.10. The van der Waals surface area contributed by atoms with Crippen LogP contribution in [-0.4, -0.2) is 40.2 Å². The number of hydrogen-bond donors (Lipinski definition) is 3. The molecule has 6 heteroatoms. The fourth-order valence-corrected chi connectivity index (χ4v) is 1.63. The van der Waals surface area contributed by atoms with Gasteiger partial charge in [-0.3, -0.25) is 4.79 Å². The average molecular weight is 260 g/mol. The van der Waals surface area contributed by atoms with Crippen molar-refractivity contribution in [3.8, 4) is 0 Å². The van der Waals surface area contributed by atoms with Gasteiger partial charge in [-0.15, -0.1) is 0 Å². The summed E-state index contributed by atoms with van der Waals surface area (Å²) in [4.78, 5) is 19.8. The zero-order valence-electron chi connectivity index (χ0n) is 10.6. The van der Waals surface area contributed by atoms with Gasteiger partial charge in [0.25, 0.3) is 0 Å². The molecule has 0 aliphatic heterocycles. The minimum atomic E-state index is -0.552. The van der Waals surface area contributed by atoms with E-state index >= 15 is 0 Å². The highest BCUT2D eigenvalue weighted by atomic mass is 16.3. The van der Waals surface area contributed by atoms with E-state index in [0.29, 0.717) is 5.82 Å². The lowest BCUT2D eigenvalue weighted by Crippen LogP contribution is -2.34. The number of aliphatic hydroxyl groups is 1. The number of fused-ring (bicyclic) bond motifs is 1. The first-order valence-corrected chi connectivity index (χ1v) is 6.05. The lowest BCUT2D eigenvalue weighted by Gasteiger charge is -2.09. The molecule has 3 N–H and O–H groups in total. The Hall–Kier alpha value is -2.21. The van der Waals surface area contributed by atoms with Crippen LogP contribution in [0, 0.1) is 0 Å². The van der Waals surface area contributed by atoms with Gasteiger partial charge >= 0.3 is 0 Å². The molecule has 1 aromatic carbocycles. The number of nitrogens with zero attached hydrogens (tertiary/aromatic N) is 2. The van der Waals surface area contributed by atoms with Gasteiger partial charge in [-0.2, -0.15) is 0 Å². The lowest BCUT2D eigenvalue weighted by atomic mass is 10.2. The number of aromatic nitrogens is 2. The molecule has 0 aliphatic rings. The Balaban J connectivity index is 2.00. The second-order valence-corrected chi connectivity index (χ2v) is 4.25. The predicted molar refractivity (Wildman–Crippen MR) is 72.7 cm³/mol. The standard InChI is InChI=1S/C13H16N4O2/c1-9(18)6-14-12(19)7-15-13-10-4-2-3-5-11(10)16-8-17-13/h2-5,8-9,18H,6-7H2,1H3,(H,14,19)(H,15,16,17). The van der Waals surface area contributed by atoms with Crippen LogP contribution in [0.3, 0.4) is 0 Å². The topological polar surface area (TPSA) is 87.1 Å². The maximum absolute atomic E-state index is 11.5. The van der Waals surface area contributed by atoms with E-state index in [9.17, 15) is 4.79 Å². The normalized spacial score (nSPS) is 12.1. The van der Waals surface area contributed by atoms with Crippen LogP contribution in [0.1, 0.15) is 6.92 Å². The molecule has 6 nitrogen and oxygen atoms in total. The minimum Gasteiger partial charge on any atom is -0.392 e. The molecule has 1 unspecified atom stereocenters. The molecule has 0 radical (unpaired) electrons. The van der Waals surface area contributed by atoms with E-state index in [1.807, 2.05) is 24.3 Å². The monoisotopic (exact) mass is 260 g/mol. The molecule has 2 rings (SSSR count). The zero-order chi connectivity index (χ0) is 13.7. The highest BCUT2D eigenvalue weighted by Crippen LogP contribution is 2.17. The first-order chi connectivity index (χ1) is 9.16. The summed E-state index contributed by atoms with van der Waals surface area (Å²) in [5.74, 6) is 0.432. The summed E-state index contributed by atoms with van der Waals surface area (Å²) in [6, 6.07) is 7.57. The number of benzene rings is 1. The largest absolute Gasteiger partial charge is 0.392 e. The molecule has 1 heterocycles. The molecule has 100 valence electrons. The molecule has 1 aromatic heterocycles. The fraction of sp³-hybridized carbons (Fsp3) is 0.308. The smallest absolute Gasteiger partial charge is 0.239 e. The third kappa shape index (κ3) is 3.62. The molecular formula is C13H16N4O2. The van der Waals surface area contributed by atoms with Crippen molar-refractivity contribution in [2.75, 3.05) is 18.4 Å². The molecule has 1 atom stereocenters. The number of anilines is 1. The number of para-hydroxylation sites is 1. The van der Waals surface area contributed by atoms with E-state index in [4.69, 9.17) is 5.11 Å². The number of carbonyl (C=O) groups excluding carboxylic acids is 1. The van der Waals surface area contributed by atoms with Crippen LogP contribution in [-0.2, 0) is 4.79 Å². The molecule has 2 aromatic rings. The molecule has 0 fully saturated rings. The Morgan fingerprint density at radius 3 is 2.95 bits per heavy atom. The SMILES string of the molecule is CC(O)CNC(=O)CNc1ncnc2ccccc12. The van der Waals surface area contributed by atoms with Crippen molar-refractivity contribution in [1.29, 1.82) is 0 Å². The predicted octanol–water partition coefficient (Wildman–Crippen LogP) is 0.539. The maximum Gasteiger partial charge on any atom is 0.239 e. The van der Waals surface area contributed by atoms with Crippen molar-refractivity contribution < 1.29 is 9.90 Å². The molecule has 1 amide bonds. The summed E-state index contributed by atoms with van der Waals surface area (Å²) in [5.41, 5.74) is 0.824. The average Bonchev–Trinajstić information content (AvgIpc) is 2.42. The Kier molecular flexibility index (Phi) is 4.25. The Labute approximate surface area is 110 Å². The lowest BCUT2D eigenvalue weighted by molar-refractivity contribution is -0.119. The van der Waals surface area contributed by atoms with Gasteiger partial charge in [0.1, 0.15) is 12.1 Å². The number of nitrogens with one attached hydrogen (secondary N) is 2. The molecule has 0 saturated carbocycles. The number of carbonyl (C=O) groups is 1. The van der Waals surface area contributed by atoms with Crippen LogP contribution < -0.4 is 10.6 Å². The first-order valence-electron chi connectivity index (χ1n) is 6.05. The van der Waals surface area contributed by atoms with Crippen molar-refractivity contribution >= 4 is 22.6 Å². The van der Waals surface area contributed by atoms with Gasteiger partial charge in [-0.1, -0.05) is 12.1 Å².